The van der Waals surface area contributed by atoms with Gasteiger partial charge in [-0.1, -0.05) is 146 Å². The molecule has 8 aromatic carbocycles. The van der Waals surface area contributed by atoms with E-state index in [2.05, 4.69) is 152 Å². The first-order valence-electron chi connectivity index (χ1n) is 18.7. The second-order valence-electron chi connectivity index (χ2n) is 14.0. The van der Waals surface area contributed by atoms with Crippen LogP contribution in [0.1, 0.15) is 0 Å². The molecule has 0 N–H and O–H groups in total. The number of benzene rings is 8. The van der Waals surface area contributed by atoms with E-state index >= 15 is 0 Å². The smallest absolute Gasteiger partial charge is 0.164 e. The second kappa shape index (κ2) is 13.3. The zero-order chi connectivity index (χ0) is 37.0. The largest absolute Gasteiger partial charge is 0.456 e. The summed E-state index contributed by atoms with van der Waals surface area (Å²) in [6, 6.07) is 65.7. The van der Waals surface area contributed by atoms with Crippen LogP contribution < -0.4 is 0 Å². The molecule has 0 atom stereocenters. The molecule has 0 fully saturated rings. The predicted molar refractivity (Wildman–Crippen MR) is 233 cm³/mol. The van der Waals surface area contributed by atoms with Crippen molar-refractivity contribution in [2.24, 2.45) is 0 Å². The molecule has 0 aliphatic rings. The lowest BCUT2D eigenvalue weighted by Crippen LogP contribution is -2.00. The molecule has 0 amide bonds. The van der Waals surface area contributed by atoms with Crippen molar-refractivity contribution in [2.45, 2.75) is 0 Å². The van der Waals surface area contributed by atoms with Crippen LogP contribution in [0.4, 0.5) is 0 Å². The van der Waals surface area contributed by atoms with Gasteiger partial charge in [-0.3, -0.25) is 0 Å². The van der Waals surface area contributed by atoms with Gasteiger partial charge in [0.05, 0.1) is 0 Å². The van der Waals surface area contributed by atoms with Crippen LogP contribution in [0.25, 0.3) is 110 Å². The van der Waals surface area contributed by atoms with Gasteiger partial charge in [0.2, 0.25) is 0 Å². The maximum atomic E-state index is 6.37. The number of nitrogens with zero attached hydrogens (tertiary/aromatic N) is 3. The Morgan fingerprint density at radius 3 is 1.54 bits per heavy atom. The van der Waals surface area contributed by atoms with Crippen molar-refractivity contribution in [2.75, 3.05) is 0 Å². The number of hydrogen-bond acceptors (Lipinski definition) is 5. The summed E-state index contributed by atoms with van der Waals surface area (Å²) < 4.78 is 8.90. The molecule has 0 aliphatic heterocycles. The summed E-state index contributed by atoms with van der Waals surface area (Å²) >= 11 is 1.83. The van der Waals surface area contributed by atoms with Crippen LogP contribution in [0.5, 0.6) is 0 Å². The molecule has 56 heavy (non-hydrogen) atoms. The fraction of sp³-hybridized carbons (Fsp3) is 0. The maximum absolute atomic E-state index is 6.37. The molecule has 4 nitrogen and oxygen atoms in total. The average molecular weight is 734 g/mol. The van der Waals surface area contributed by atoms with Crippen LogP contribution in [0.3, 0.4) is 0 Å². The Balaban J connectivity index is 1.16. The molecule has 0 unspecified atom stereocenters. The highest BCUT2D eigenvalue weighted by Gasteiger charge is 2.19. The average Bonchev–Trinajstić information content (AvgIpc) is 3.86. The molecule has 11 aromatic rings. The molecular weight excluding hydrogens is 703 g/mol. The molecule has 11 rings (SSSR count). The van der Waals surface area contributed by atoms with Gasteiger partial charge in [-0.2, -0.15) is 0 Å². The lowest BCUT2D eigenvalue weighted by molar-refractivity contribution is 0.669. The quantitative estimate of drug-likeness (QED) is 0.171. The fourth-order valence-corrected chi connectivity index (χ4v) is 9.02. The van der Waals surface area contributed by atoms with E-state index < -0.39 is 0 Å². The third-order valence-electron chi connectivity index (χ3n) is 10.5. The van der Waals surface area contributed by atoms with E-state index in [0.29, 0.717) is 17.5 Å². The van der Waals surface area contributed by atoms with Crippen molar-refractivity contribution in [1.29, 1.82) is 0 Å². The lowest BCUT2D eigenvalue weighted by Gasteiger charge is -2.14. The summed E-state index contributed by atoms with van der Waals surface area (Å²) in [5.41, 5.74) is 11.2. The first-order chi connectivity index (χ1) is 27.7. The third kappa shape index (κ3) is 5.56. The molecule has 0 saturated heterocycles. The number of thiophene rings is 1. The van der Waals surface area contributed by atoms with Gasteiger partial charge in [-0.05, 0) is 75.8 Å². The van der Waals surface area contributed by atoms with Gasteiger partial charge in [-0.25, -0.2) is 15.0 Å². The topological polar surface area (TPSA) is 51.8 Å². The minimum atomic E-state index is 0.607. The Morgan fingerprint density at radius 2 is 0.804 bits per heavy atom. The molecule has 0 saturated carbocycles. The Kier molecular flexibility index (Phi) is 7.64. The van der Waals surface area contributed by atoms with Crippen molar-refractivity contribution in [3.05, 3.63) is 188 Å². The Labute approximate surface area is 327 Å². The summed E-state index contributed by atoms with van der Waals surface area (Å²) in [4.78, 5) is 15.5. The number of hydrogen-bond donors (Lipinski definition) is 0. The minimum absolute atomic E-state index is 0.607. The summed E-state index contributed by atoms with van der Waals surface area (Å²) in [7, 11) is 0. The molecular formula is C51H31N3OS. The molecule has 3 heterocycles. The molecule has 0 spiro atoms. The molecule has 5 heteroatoms. The van der Waals surface area contributed by atoms with E-state index in [0.717, 1.165) is 60.9 Å². The van der Waals surface area contributed by atoms with E-state index in [4.69, 9.17) is 19.4 Å². The van der Waals surface area contributed by atoms with E-state index in [1.54, 1.807) is 0 Å². The lowest BCUT2D eigenvalue weighted by atomic mass is 9.92. The van der Waals surface area contributed by atoms with Crippen molar-refractivity contribution >= 4 is 53.4 Å². The second-order valence-corrected chi connectivity index (χ2v) is 15.1. The van der Waals surface area contributed by atoms with Gasteiger partial charge in [0.15, 0.2) is 17.5 Å². The molecule has 0 bridgehead atoms. The molecule has 3 aromatic heterocycles. The molecule has 262 valence electrons. The number of aromatic nitrogens is 3. The minimum Gasteiger partial charge on any atom is -0.456 e. The zero-order valence-electron chi connectivity index (χ0n) is 30.1. The first-order valence-corrected chi connectivity index (χ1v) is 19.5. The Bertz CT molecular complexity index is 3110. The van der Waals surface area contributed by atoms with Gasteiger partial charge in [0.25, 0.3) is 0 Å². The van der Waals surface area contributed by atoms with E-state index in [1.807, 2.05) is 47.7 Å². The number of fused-ring (bicyclic) bond motifs is 6. The number of rotatable bonds is 6. The van der Waals surface area contributed by atoms with Crippen LogP contribution in [-0.2, 0) is 0 Å². The predicted octanol–water partition coefficient (Wildman–Crippen LogP) is 14.1. The Hall–Kier alpha value is -7.21. The SMILES string of the molecule is c1ccc(-c2ccc(-c3nc(-c4ccccc4)nc(-c4cc(-c5cccc6oc7ccccc7c56)cc(-c5cccc6sc7ccccc7c56)c4)n3)cc2)cc1. The van der Waals surface area contributed by atoms with Gasteiger partial charge in [-0.15, -0.1) is 11.3 Å². The summed E-state index contributed by atoms with van der Waals surface area (Å²) in [6.07, 6.45) is 0. The van der Waals surface area contributed by atoms with Crippen LogP contribution in [0.2, 0.25) is 0 Å². The standard InChI is InChI=1S/C51H31N3OS/c1-3-13-32(14-4-1)33-25-27-35(28-26-33)50-52-49(34-15-5-2-6-16-34)53-51(54-50)38-30-36(39-19-11-22-44-47(39)41-17-7-9-21-43(41)55-44)29-37(31-38)40-20-12-24-46-48(40)42-18-8-10-23-45(42)56-46/h1-31H. The first kappa shape index (κ1) is 32.2. The highest BCUT2D eigenvalue weighted by Crippen LogP contribution is 2.44. The van der Waals surface area contributed by atoms with Crippen molar-refractivity contribution in [3.8, 4) is 67.5 Å². The van der Waals surface area contributed by atoms with Crippen LogP contribution >= 0.6 is 11.3 Å². The summed E-state index contributed by atoms with van der Waals surface area (Å²) in [5.74, 6) is 1.85. The third-order valence-corrected chi connectivity index (χ3v) is 11.7. The summed E-state index contributed by atoms with van der Waals surface area (Å²) in [6.45, 7) is 0. The van der Waals surface area contributed by atoms with Crippen LogP contribution in [0.15, 0.2) is 192 Å². The highest BCUT2D eigenvalue weighted by molar-refractivity contribution is 7.25. The maximum Gasteiger partial charge on any atom is 0.164 e. The molecule has 0 radical (unpaired) electrons. The Morgan fingerprint density at radius 1 is 0.321 bits per heavy atom. The van der Waals surface area contributed by atoms with Gasteiger partial charge in [0, 0.05) is 47.6 Å². The highest BCUT2D eigenvalue weighted by atomic mass is 32.1. The fourth-order valence-electron chi connectivity index (χ4n) is 7.89. The van der Waals surface area contributed by atoms with E-state index in [9.17, 15) is 0 Å². The van der Waals surface area contributed by atoms with Crippen LogP contribution in [-0.4, -0.2) is 15.0 Å². The normalized spacial score (nSPS) is 11.6. The van der Waals surface area contributed by atoms with Crippen molar-refractivity contribution < 1.29 is 4.42 Å². The van der Waals surface area contributed by atoms with Gasteiger partial charge in [0.1, 0.15) is 11.2 Å². The number of furan rings is 1. The van der Waals surface area contributed by atoms with Gasteiger partial charge >= 0.3 is 0 Å². The van der Waals surface area contributed by atoms with Crippen LogP contribution in [0, 0.1) is 0 Å². The molecule has 0 aliphatic carbocycles. The van der Waals surface area contributed by atoms with E-state index in [1.165, 1.54) is 31.3 Å². The van der Waals surface area contributed by atoms with Crippen molar-refractivity contribution in [3.63, 3.8) is 0 Å². The monoisotopic (exact) mass is 733 g/mol. The summed E-state index contributed by atoms with van der Waals surface area (Å²) in [5, 5.41) is 4.68. The number of para-hydroxylation sites is 1. The van der Waals surface area contributed by atoms with E-state index in [-0.39, 0.29) is 0 Å². The van der Waals surface area contributed by atoms with Gasteiger partial charge < -0.3 is 4.42 Å². The zero-order valence-corrected chi connectivity index (χ0v) is 30.9. The van der Waals surface area contributed by atoms with Crippen molar-refractivity contribution in [1.82, 2.24) is 15.0 Å².